The third-order valence-corrected chi connectivity index (χ3v) is 3.62. The van der Waals surface area contributed by atoms with Crippen LogP contribution in [0.15, 0.2) is 29.2 Å². The number of nitrogens with two attached hydrogens (primary N) is 1. The van der Waals surface area contributed by atoms with E-state index in [0.29, 0.717) is 5.69 Å². The summed E-state index contributed by atoms with van der Waals surface area (Å²) in [6.45, 7) is 1.45. The van der Waals surface area contributed by atoms with Crippen molar-refractivity contribution in [3.63, 3.8) is 0 Å². The van der Waals surface area contributed by atoms with Gasteiger partial charge in [-0.15, -0.1) is 0 Å². The van der Waals surface area contributed by atoms with Crippen LogP contribution in [0.1, 0.15) is 13.3 Å². The molecule has 0 aliphatic heterocycles. The fourth-order valence-electron chi connectivity index (χ4n) is 1.39. The SMILES string of the molecule is CC(CC(=O)O)NC(=O)NS(=O)(=O)c1ccc(N)cc1. The lowest BCUT2D eigenvalue weighted by Gasteiger charge is -2.13. The lowest BCUT2D eigenvalue weighted by Crippen LogP contribution is -2.44. The molecule has 0 aliphatic rings. The van der Waals surface area contributed by atoms with Crippen molar-refractivity contribution in [2.45, 2.75) is 24.3 Å². The number of benzene rings is 1. The van der Waals surface area contributed by atoms with E-state index in [9.17, 15) is 18.0 Å². The van der Waals surface area contributed by atoms with Gasteiger partial charge in [0, 0.05) is 11.7 Å². The Morgan fingerprint density at radius 3 is 2.35 bits per heavy atom. The predicted molar refractivity (Wildman–Crippen MR) is 71.4 cm³/mol. The minimum absolute atomic E-state index is 0.118. The Balaban J connectivity index is 2.69. The third kappa shape index (κ3) is 4.76. The summed E-state index contributed by atoms with van der Waals surface area (Å²) in [6, 6.07) is 3.60. The van der Waals surface area contributed by atoms with Crippen LogP contribution in [0.2, 0.25) is 0 Å². The molecule has 20 heavy (non-hydrogen) atoms. The van der Waals surface area contributed by atoms with E-state index < -0.39 is 28.1 Å². The number of anilines is 1. The summed E-state index contributed by atoms with van der Waals surface area (Å²) in [5.74, 6) is -1.10. The van der Waals surface area contributed by atoms with Crippen molar-refractivity contribution in [2.24, 2.45) is 0 Å². The molecule has 8 nitrogen and oxygen atoms in total. The number of urea groups is 1. The molecule has 0 radical (unpaired) electrons. The van der Waals surface area contributed by atoms with Crippen LogP contribution in [0, 0.1) is 0 Å². The molecule has 0 saturated carbocycles. The van der Waals surface area contributed by atoms with Gasteiger partial charge >= 0.3 is 12.0 Å². The van der Waals surface area contributed by atoms with Crippen LogP contribution in [-0.2, 0) is 14.8 Å². The minimum atomic E-state index is -4.02. The second kappa shape index (κ2) is 6.24. The molecule has 9 heteroatoms. The highest BCUT2D eigenvalue weighted by atomic mass is 32.2. The van der Waals surface area contributed by atoms with Crippen molar-refractivity contribution in [2.75, 3.05) is 5.73 Å². The third-order valence-electron chi connectivity index (χ3n) is 2.28. The smallest absolute Gasteiger partial charge is 0.328 e. The molecule has 0 aliphatic carbocycles. The summed E-state index contributed by atoms with van der Waals surface area (Å²) in [4.78, 5) is 21.8. The molecule has 0 bridgehead atoms. The molecule has 1 rings (SSSR count). The van der Waals surface area contributed by atoms with Gasteiger partial charge in [-0.2, -0.15) is 0 Å². The maximum absolute atomic E-state index is 11.8. The van der Waals surface area contributed by atoms with Crippen molar-refractivity contribution in [3.8, 4) is 0 Å². The van der Waals surface area contributed by atoms with Gasteiger partial charge in [0.2, 0.25) is 0 Å². The molecule has 0 fully saturated rings. The second-order valence-corrected chi connectivity index (χ2v) is 5.83. The Bertz CT molecular complexity index is 597. The molecule has 0 heterocycles. The number of carbonyl (C=O) groups is 2. The van der Waals surface area contributed by atoms with Crippen LogP contribution in [-0.4, -0.2) is 31.6 Å². The lowest BCUT2D eigenvalue weighted by molar-refractivity contribution is -0.137. The highest BCUT2D eigenvalue weighted by molar-refractivity contribution is 7.90. The first-order valence-electron chi connectivity index (χ1n) is 5.61. The predicted octanol–water partition coefficient (Wildman–Crippen LogP) is 0.120. The Kier molecular flexibility index (Phi) is 4.92. The highest BCUT2D eigenvalue weighted by Gasteiger charge is 2.19. The van der Waals surface area contributed by atoms with Gasteiger partial charge in [-0.25, -0.2) is 17.9 Å². The lowest BCUT2D eigenvalue weighted by atomic mass is 10.2. The van der Waals surface area contributed by atoms with Crippen LogP contribution in [0.5, 0.6) is 0 Å². The van der Waals surface area contributed by atoms with Gasteiger partial charge in [-0.1, -0.05) is 0 Å². The largest absolute Gasteiger partial charge is 0.481 e. The molecular weight excluding hydrogens is 286 g/mol. The normalized spacial score (nSPS) is 12.4. The zero-order valence-electron chi connectivity index (χ0n) is 10.7. The van der Waals surface area contributed by atoms with Crippen molar-refractivity contribution in [3.05, 3.63) is 24.3 Å². The van der Waals surface area contributed by atoms with E-state index in [1.54, 1.807) is 4.72 Å². The van der Waals surface area contributed by atoms with Crippen molar-refractivity contribution in [1.82, 2.24) is 10.0 Å². The molecule has 5 N–H and O–H groups in total. The molecule has 0 saturated heterocycles. The topological polar surface area (TPSA) is 139 Å². The van der Waals surface area contributed by atoms with Crippen molar-refractivity contribution < 1.29 is 23.1 Å². The first kappa shape index (κ1) is 15.8. The van der Waals surface area contributed by atoms with Crippen molar-refractivity contribution >= 4 is 27.7 Å². The number of aliphatic carboxylic acids is 1. The fraction of sp³-hybridized carbons (Fsp3) is 0.273. The summed E-state index contributed by atoms with van der Waals surface area (Å²) in [6.07, 6.45) is -0.310. The van der Waals surface area contributed by atoms with Crippen LogP contribution in [0.4, 0.5) is 10.5 Å². The summed E-state index contributed by atoms with van der Waals surface area (Å²) in [5, 5.41) is 10.7. The highest BCUT2D eigenvalue weighted by Crippen LogP contribution is 2.11. The number of sulfonamides is 1. The Morgan fingerprint density at radius 2 is 1.85 bits per heavy atom. The summed E-state index contributed by atoms with van der Waals surface area (Å²) < 4.78 is 25.4. The summed E-state index contributed by atoms with van der Waals surface area (Å²) >= 11 is 0. The standard InChI is InChI=1S/C11H15N3O5S/c1-7(6-10(15)16)13-11(17)14-20(18,19)9-4-2-8(12)3-5-9/h2-5,7H,6,12H2,1H3,(H,15,16)(H2,13,14,17). The quantitative estimate of drug-likeness (QED) is 0.570. The number of carbonyl (C=O) groups excluding carboxylic acids is 1. The maximum atomic E-state index is 11.8. The van der Waals surface area contributed by atoms with Gasteiger partial charge < -0.3 is 16.2 Å². The van der Waals surface area contributed by atoms with E-state index in [1.807, 2.05) is 0 Å². The summed E-state index contributed by atoms with van der Waals surface area (Å²) in [7, 11) is -4.02. The number of hydrogen-bond donors (Lipinski definition) is 4. The van der Waals surface area contributed by atoms with Gasteiger partial charge in [0.15, 0.2) is 0 Å². The molecule has 1 atom stereocenters. The molecule has 2 amide bonds. The van der Waals surface area contributed by atoms with Crippen LogP contribution >= 0.6 is 0 Å². The van der Waals surface area contributed by atoms with Gasteiger partial charge in [0.25, 0.3) is 10.0 Å². The average Bonchev–Trinajstić information content (AvgIpc) is 2.26. The molecule has 1 aromatic rings. The van der Waals surface area contributed by atoms with Gasteiger partial charge in [0.05, 0.1) is 11.3 Å². The summed E-state index contributed by atoms with van der Waals surface area (Å²) in [5.41, 5.74) is 5.83. The van der Waals surface area contributed by atoms with E-state index >= 15 is 0 Å². The second-order valence-electron chi connectivity index (χ2n) is 4.15. The zero-order chi connectivity index (χ0) is 15.3. The van der Waals surface area contributed by atoms with Gasteiger partial charge in [-0.05, 0) is 31.2 Å². The van der Waals surface area contributed by atoms with Crippen LogP contribution < -0.4 is 15.8 Å². The van der Waals surface area contributed by atoms with E-state index in [-0.39, 0.29) is 11.3 Å². The van der Waals surface area contributed by atoms with E-state index in [0.717, 1.165) is 0 Å². The molecule has 0 spiro atoms. The zero-order valence-corrected chi connectivity index (χ0v) is 11.5. The number of amides is 2. The molecule has 110 valence electrons. The first-order chi connectivity index (χ1) is 9.20. The Morgan fingerprint density at radius 1 is 1.30 bits per heavy atom. The minimum Gasteiger partial charge on any atom is -0.481 e. The number of carboxylic acids is 1. The number of nitrogens with one attached hydrogen (secondary N) is 2. The number of carboxylic acid groups (broad SMARTS) is 1. The molecule has 0 aromatic heterocycles. The molecule has 1 unspecified atom stereocenters. The van der Waals surface area contributed by atoms with Gasteiger partial charge in [0.1, 0.15) is 0 Å². The van der Waals surface area contributed by atoms with E-state index in [4.69, 9.17) is 10.8 Å². The van der Waals surface area contributed by atoms with Crippen LogP contribution in [0.25, 0.3) is 0 Å². The Labute approximate surface area is 116 Å². The maximum Gasteiger partial charge on any atom is 0.328 e. The molecule has 1 aromatic carbocycles. The van der Waals surface area contributed by atoms with Crippen molar-refractivity contribution in [1.29, 1.82) is 0 Å². The number of rotatable bonds is 5. The van der Waals surface area contributed by atoms with E-state index in [1.165, 1.54) is 31.2 Å². The van der Waals surface area contributed by atoms with E-state index in [2.05, 4.69) is 5.32 Å². The number of nitrogen functional groups attached to an aromatic ring is 1. The molecular formula is C11H15N3O5S. The Hall–Kier alpha value is -2.29. The monoisotopic (exact) mass is 301 g/mol. The number of hydrogen-bond acceptors (Lipinski definition) is 5. The average molecular weight is 301 g/mol. The fourth-order valence-corrected chi connectivity index (χ4v) is 2.31. The van der Waals surface area contributed by atoms with Crippen LogP contribution in [0.3, 0.4) is 0 Å². The first-order valence-corrected chi connectivity index (χ1v) is 7.09. The van der Waals surface area contributed by atoms with Gasteiger partial charge in [-0.3, -0.25) is 4.79 Å².